The van der Waals surface area contributed by atoms with E-state index in [-0.39, 0.29) is 6.09 Å². The average Bonchev–Trinajstić information content (AvgIpc) is 3.09. The summed E-state index contributed by atoms with van der Waals surface area (Å²) in [5.74, 6) is 2.33. The van der Waals surface area contributed by atoms with E-state index in [9.17, 15) is 4.79 Å². The molecule has 2 aliphatic carbocycles. The number of carbonyl (C=O) groups is 1. The maximum absolute atomic E-state index is 11.8. The smallest absolute Gasteiger partial charge is 0.407 e. The second kappa shape index (κ2) is 6.99. The number of amides is 1. The van der Waals surface area contributed by atoms with Crippen LogP contribution in [0.1, 0.15) is 59.8 Å². The molecule has 0 bridgehead atoms. The van der Waals surface area contributed by atoms with Crippen molar-refractivity contribution in [2.24, 2.45) is 17.8 Å². The van der Waals surface area contributed by atoms with Gasteiger partial charge in [0.05, 0.1) is 0 Å². The van der Waals surface area contributed by atoms with Gasteiger partial charge in [0.15, 0.2) is 0 Å². The zero-order valence-electron chi connectivity index (χ0n) is 14.1. The van der Waals surface area contributed by atoms with E-state index in [1.165, 1.54) is 32.1 Å². The third-order valence-electron chi connectivity index (χ3n) is 4.73. The second-order valence-corrected chi connectivity index (χ2v) is 7.92. The largest absolute Gasteiger partial charge is 0.444 e. The minimum atomic E-state index is -0.420. The van der Waals surface area contributed by atoms with Crippen molar-refractivity contribution in [3.05, 3.63) is 0 Å². The van der Waals surface area contributed by atoms with Crippen molar-refractivity contribution in [2.75, 3.05) is 13.1 Å². The summed E-state index contributed by atoms with van der Waals surface area (Å²) in [6.45, 7) is 9.90. The van der Waals surface area contributed by atoms with E-state index in [2.05, 4.69) is 17.6 Å². The zero-order chi connectivity index (χ0) is 15.5. The number of nitrogens with one attached hydrogen (secondary N) is 2. The Morgan fingerprint density at radius 1 is 1.14 bits per heavy atom. The molecule has 1 amide bonds. The molecule has 4 nitrogen and oxygen atoms in total. The Hall–Kier alpha value is -0.770. The molecule has 0 aromatic rings. The van der Waals surface area contributed by atoms with Crippen LogP contribution < -0.4 is 10.6 Å². The number of hydrogen-bond donors (Lipinski definition) is 2. The molecule has 122 valence electrons. The molecular weight excluding hydrogens is 264 g/mol. The van der Waals surface area contributed by atoms with Crippen LogP contribution in [0.4, 0.5) is 4.79 Å². The zero-order valence-corrected chi connectivity index (χ0v) is 14.1. The summed E-state index contributed by atoms with van der Waals surface area (Å²) in [5, 5.41) is 6.69. The van der Waals surface area contributed by atoms with Crippen LogP contribution in [0, 0.1) is 17.8 Å². The van der Waals surface area contributed by atoms with Crippen molar-refractivity contribution in [1.29, 1.82) is 0 Å². The summed E-state index contributed by atoms with van der Waals surface area (Å²) >= 11 is 0. The van der Waals surface area contributed by atoms with E-state index in [1.807, 2.05) is 20.8 Å². The first-order valence-corrected chi connectivity index (χ1v) is 8.55. The van der Waals surface area contributed by atoms with Crippen molar-refractivity contribution in [3.8, 4) is 0 Å². The van der Waals surface area contributed by atoms with Crippen LogP contribution in [-0.2, 0) is 4.74 Å². The first-order chi connectivity index (χ1) is 9.85. The van der Waals surface area contributed by atoms with Crippen molar-refractivity contribution in [1.82, 2.24) is 10.6 Å². The van der Waals surface area contributed by atoms with Crippen LogP contribution in [0.25, 0.3) is 0 Å². The number of hydrogen-bond acceptors (Lipinski definition) is 3. The Bertz CT molecular complexity index is 351. The Morgan fingerprint density at radius 3 is 2.43 bits per heavy atom. The number of ether oxygens (including phenoxy) is 1. The maximum atomic E-state index is 11.8. The minimum absolute atomic E-state index is 0.289. The fourth-order valence-corrected chi connectivity index (χ4v) is 3.24. The monoisotopic (exact) mass is 296 g/mol. The Morgan fingerprint density at radius 2 is 1.81 bits per heavy atom. The third kappa shape index (κ3) is 5.85. The van der Waals surface area contributed by atoms with Crippen LogP contribution in [-0.4, -0.2) is 30.8 Å². The summed E-state index contributed by atoms with van der Waals surface area (Å²) in [6, 6.07) is 0.557. The van der Waals surface area contributed by atoms with Crippen molar-refractivity contribution in [3.63, 3.8) is 0 Å². The van der Waals surface area contributed by atoms with Gasteiger partial charge in [-0.1, -0.05) is 19.8 Å². The van der Waals surface area contributed by atoms with E-state index in [4.69, 9.17) is 4.74 Å². The van der Waals surface area contributed by atoms with E-state index < -0.39 is 5.60 Å². The lowest BCUT2D eigenvalue weighted by Gasteiger charge is -2.33. The highest BCUT2D eigenvalue weighted by Crippen LogP contribution is 2.37. The molecular formula is C17H32N2O2. The molecule has 4 heteroatoms. The van der Waals surface area contributed by atoms with Gasteiger partial charge in [-0.15, -0.1) is 0 Å². The summed E-state index contributed by atoms with van der Waals surface area (Å²) in [6.07, 6.45) is 6.11. The third-order valence-corrected chi connectivity index (χ3v) is 4.73. The van der Waals surface area contributed by atoms with Gasteiger partial charge in [0.25, 0.3) is 0 Å². The van der Waals surface area contributed by atoms with Gasteiger partial charge in [-0.3, -0.25) is 0 Å². The molecule has 0 heterocycles. The topological polar surface area (TPSA) is 50.4 Å². The lowest BCUT2D eigenvalue weighted by Crippen LogP contribution is -2.45. The fourth-order valence-electron chi connectivity index (χ4n) is 3.24. The standard InChI is InChI=1S/C17H32N2O2/c1-12-9-14(12)11-18-15-8-6-5-7-13(15)10-19-16(20)21-17(2,3)4/h12-15,18H,5-11H2,1-4H3,(H,19,20). The predicted molar refractivity (Wildman–Crippen MR) is 85.3 cm³/mol. The van der Waals surface area contributed by atoms with E-state index >= 15 is 0 Å². The second-order valence-electron chi connectivity index (χ2n) is 7.92. The average molecular weight is 296 g/mol. The molecule has 0 spiro atoms. The Kier molecular flexibility index (Phi) is 5.53. The van der Waals surface area contributed by atoms with Gasteiger partial charge in [-0.25, -0.2) is 4.79 Å². The van der Waals surface area contributed by atoms with Crippen LogP contribution >= 0.6 is 0 Å². The number of carbonyl (C=O) groups excluding carboxylic acids is 1. The minimum Gasteiger partial charge on any atom is -0.444 e. The van der Waals surface area contributed by atoms with Gasteiger partial charge < -0.3 is 15.4 Å². The lowest BCUT2D eigenvalue weighted by atomic mass is 9.84. The fraction of sp³-hybridized carbons (Fsp3) is 0.941. The molecule has 2 aliphatic rings. The van der Waals surface area contributed by atoms with Crippen molar-refractivity contribution >= 4 is 6.09 Å². The van der Waals surface area contributed by atoms with E-state index in [1.54, 1.807) is 0 Å². The summed E-state index contributed by atoms with van der Waals surface area (Å²) in [4.78, 5) is 11.8. The highest BCUT2D eigenvalue weighted by molar-refractivity contribution is 5.67. The maximum Gasteiger partial charge on any atom is 0.407 e. The van der Waals surface area contributed by atoms with E-state index in [0.29, 0.717) is 12.0 Å². The van der Waals surface area contributed by atoms with Gasteiger partial charge >= 0.3 is 6.09 Å². The molecule has 0 saturated heterocycles. The van der Waals surface area contributed by atoms with Gasteiger partial charge in [-0.2, -0.15) is 0 Å². The van der Waals surface area contributed by atoms with Crippen molar-refractivity contribution < 1.29 is 9.53 Å². The normalized spacial score (nSPS) is 32.6. The van der Waals surface area contributed by atoms with E-state index in [0.717, 1.165) is 24.9 Å². The number of alkyl carbamates (subject to hydrolysis) is 1. The van der Waals surface area contributed by atoms with Gasteiger partial charge in [0.1, 0.15) is 5.60 Å². The highest BCUT2D eigenvalue weighted by Gasteiger charge is 2.34. The molecule has 0 aromatic heterocycles. The predicted octanol–water partition coefficient (Wildman–Crippen LogP) is 3.32. The molecule has 4 unspecified atom stereocenters. The molecule has 0 aromatic carbocycles. The Labute approximate surface area is 129 Å². The first-order valence-electron chi connectivity index (χ1n) is 8.55. The molecule has 2 rings (SSSR count). The molecule has 0 radical (unpaired) electrons. The van der Waals surface area contributed by atoms with Crippen LogP contribution in [0.2, 0.25) is 0 Å². The molecule has 4 atom stereocenters. The highest BCUT2D eigenvalue weighted by atomic mass is 16.6. The molecule has 2 saturated carbocycles. The summed E-state index contributed by atoms with van der Waals surface area (Å²) in [5.41, 5.74) is -0.420. The Balaban J connectivity index is 1.72. The first kappa shape index (κ1) is 16.6. The van der Waals surface area contributed by atoms with Crippen LogP contribution in [0.5, 0.6) is 0 Å². The lowest BCUT2D eigenvalue weighted by molar-refractivity contribution is 0.0510. The molecule has 0 aliphatic heterocycles. The summed E-state index contributed by atoms with van der Waals surface area (Å²) < 4.78 is 5.32. The molecule has 21 heavy (non-hydrogen) atoms. The van der Waals surface area contributed by atoms with Crippen LogP contribution in [0.15, 0.2) is 0 Å². The van der Waals surface area contributed by atoms with Crippen molar-refractivity contribution in [2.45, 2.75) is 71.4 Å². The van der Waals surface area contributed by atoms with Gasteiger partial charge in [0.2, 0.25) is 0 Å². The van der Waals surface area contributed by atoms with Gasteiger partial charge in [-0.05, 0) is 64.3 Å². The molecule has 2 N–H and O–H groups in total. The SMILES string of the molecule is CC1CC1CNC1CCCCC1CNC(=O)OC(C)(C)C. The molecule has 2 fully saturated rings. The summed E-state index contributed by atoms with van der Waals surface area (Å²) in [7, 11) is 0. The quantitative estimate of drug-likeness (QED) is 0.818. The van der Waals surface area contributed by atoms with Gasteiger partial charge in [0, 0.05) is 12.6 Å². The number of rotatable bonds is 5. The van der Waals surface area contributed by atoms with Crippen LogP contribution in [0.3, 0.4) is 0 Å².